The zero-order valence-corrected chi connectivity index (χ0v) is 12.0. The molecule has 0 aliphatic rings. The van der Waals surface area contributed by atoms with E-state index in [0.29, 0.717) is 18.1 Å². The molecule has 0 unspecified atom stereocenters. The van der Waals surface area contributed by atoms with Crippen LogP contribution in [-0.4, -0.2) is 12.9 Å². The highest BCUT2D eigenvalue weighted by Crippen LogP contribution is 2.18. The van der Waals surface area contributed by atoms with E-state index >= 15 is 0 Å². The molecular formula is C18H20O2. The van der Waals surface area contributed by atoms with Gasteiger partial charge >= 0.3 is 0 Å². The smallest absolute Gasteiger partial charge is 0.150 e. The molecule has 0 aliphatic carbocycles. The fraction of sp³-hybridized carbons (Fsp3) is 0.278. The van der Waals surface area contributed by atoms with Gasteiger partial charge in [-0.1, -0.05) is 50.2 Å². The van der Waals surface area contributed by atoms with Gasteiger partial charge in [0, 0.05) is 12.0 Å². The molecule has 0 spiro atoms. The van der Waals surface area contributed by atoms with Crippen molar-refractivity contribution in [1.82, 2.24) is 0 Å². The van der Waals surface area contributed by atoms with Crippen LogP contribution >= 0.6 is 0 Å². The molecule has 2 aromatic rings. The van der Waals surface area contributed by atoms with E-state index in [1.807, 2.05) is 36.4 Å². The molecule has 0 amide bonds. The van der Waals surface area contributed by atoms with Crippen molar-refractivity contribution in [3.05, 3.63) is 65.2 Å². The Morgan fingerprint density at radius 1 is 1.00 bits per heavy atom. The molecule has 2 nitrogen and oxygen atoms in total. The summed E-state index contributed by atoms with van der Waals surface area (Å²) in [4.78, 5) is 10.6. The van der Waals surface area contributed by atoms with E-state index in [-0.39, 0.29) is 0 Å². The largest absolute Gasteiger partial charge is 0.493 e. The Morgan fingerprint density at radius 2 is 1.65 bits per heavy atom. The van der Waals surface area contributed by atoms with Gasteiger partial charge in [0.1, 0.15) is 12.0 Å². The van der Waals surface area contributed by atoms with Crippen molar-refractivity contribution in [1.29, 1.82) is 0 Å². The van der Waals surface area contributed by atoms with Gasteiger partial charge in [-0.3, -0.25) is 4.79 Å². The number of ether oxygens (including phenoxy) is 1. The second-order valence-corrected chi connectivity index (χ2v) is 5.18. The summed E-state index contributed by atoms with van der Waals surface area (Å²) in [6.45, 7) is 5.00. The maximum atomic E-state index is 10.6. The summed E-state index contributed by atoms with van der Waals surface area (Å²) in [6.07, 6.45) is 1.70. The van der Waals surface area contributed by atoms with Crippen molar-refractivity contribution in [3.63, 3.8) is 0 Å². The van der Waals surface area contributed by atoms with Gasteiger partial charge in [0.25, 0.3) is 0 Å². The van der Waals surface area contributed by atoms with Gasteiger partial charge in [-0.2, -0.15) is 0 Å². The van der Waals surface area contributed by atoms with Crippen molar-refractivity contribution in [3.8, 4) is 5.75 Å². The summed E-state index contributed by atoms with van der Waals surface area (Å²) in [7, 11) is 0. The highest BCUT2D eigenvalue weighted by atomic mass is 16.5. The van der Waals surface area contributed by atoms with Crippen LogP contribution < -0.4 is 4.74 Å². The minimum absolute atomic E-state index is 0.542. The van der Waals surface area contributed by atoms with Crippen LogP contribution in [0, 0.1) is 0 Å². The summed E-state index contributed by atoms with van der Waals surface area (Å²) in [5.74, 6) is 1.44. The number of benzene rings is 2. The molecule has 0 atom stereocenters. The second kappa shape index (κ2) is 6.90. The van der Waals surface area contributed by atoms with Crippen molar-refractivity contribution >= 4 is 6.29 Å². The minimum atomic E-state index is 0.542. The summed E-state index contributed by atoms with van der Waals surface area (Å²) in [6, 6.07) is 15.9. The van der Waals surface area contributed by atoms with Crippen molar-refractivity contribution < 1.29 is 9.53 Å². The minimum Gasteiger partial charge on any atom is -0.493 e. The Bertz CT molecular complexity index is 539. The van der Waals surface area contributed by atoms with Crippen LogP contribution in [0.2, 0.25) is 0 Å². The van der Waals surface area contributed by atoms with E-state index < -0.39 is 0 Å². The lowest BCUT2D eigenvalue weighted by Gasteiger charge is -2.09. The molecule has 2 rings (SSSR count). The Morgan fingerprint density at radius 3 is 2.20 bits per heavy atom. The predicted octanol–water partition coefficient (Wildman–Crippen LogP) is 4.24. The highest BCUT2D eigenvalue weighted by molar-refractivity contribution is 5.74. The lowest BCUT2D eigenvalue weighted by Crippen LogP contribution is -2.01. The van der Waals surface area contributed by atoms with Crippen LogP contribution in [0.25, 0.3) is 0 Å². The fourth-order valence-electron chi connectivity index (χ4n) is 2.00. The summed E-state index contributed by atoms with van der Waals surface area (Å²) < 4.78 is 5.73. The van der Waals surface area contributed by atoms with Gasteiger partial charge in [0.15, 0.2) is 0 Å². The molecule has 20 heavy (non-hydrogen) atoms. The monoisotopic (exact) mass is 268 g/mol. The topological polar surface area (TPSA) is 26.3 Å². The average Bonchev–Trinajstić information content (AvgIpc) is 2.48. The van der Waals surface area contributed by atoms with E-state index in [0.717, 1.165) is 18.5 Å². The number of carbonyl (C=O) groups is 1. The van der Waals surface area contributed by atoms with Gasteiger partial charge in [-0.05, 0) is 29.2 Å². The summed E-state index contributed by atoms with van der Waals surface area (Å²) in [5.41, 5.74) is 3.20. The molecule has 0 radical (unpaired) electrons. The SMILES string of the molecule is CC(C)c1ccc(OCCc2ccc(C=O)cc2)cc1. The number of hydrogen-bond acceptors (Lipinski definition) is 2. The van der Waals surface area contributed by atoms with Gasteiger partial charge in [0.05, 0.1) is 6.61 Å². The van der Waals surface area contributed by atoms with Crippen LogP contribution in [0.1, 0.15) is 41.3 Å². The third-order valence-electron chi connectivity index (χ3n) is 3.32. The number of aldehydes is 1. The lowest BCUT2D eigenvalue weighted by atomic mass is 10.0. The fourth-order valence-corrected chi connectivity index (χ4v) is 2.00. The van der Waals surface area contributed by atoms with E-state index in [4.69, 9.17) is 4.74 Å². The van der Waals surface area contributed by atoms with Crippen molar-refractivity contribution in [2.75, 3.05) is 6.61 Å². The molecule has 0 heterocycles. The zero-order chi connectivity index (χ0) is 14.4. The first-order chi connectivity index (χ1) is 9.69. The van der Waals surface area contributed by atoms with Gasteiger partial charge < -0.3 is 4.74 Å². The molecule has 0 bridgehead atoms. The third kappa shape index (κ3) is 3.95. The van der Waals surface area contributed by atoms with E-state index in [9.17, 15) is 4.79 Å². The second-order valence-electron chi connectivity index (χ2n) is 5.18. The van der Waals surface area contributed by atoms with Gasteiger partial charge in [-0.15, -0.1) is 0 Å². The standard InChI is InChI=1S/C18H20O2/c1-14(2)17-7-9-18(10-8-17)20-12-11-15-3-5-16(13-19)6-4-15/h3-10,13-14H,11-12H2,1-2H3. The maximum Gasteiger partial charge on any atom is 0.150 e. The van der Waals surface area contributed by atoms with E-state index in [2.05, 4.69) is 26.0 Å². The molecular weight excluding hydrogens is 248 g/mol. The predicted molar refractivity (Wildman–Crippen MR) is 81.6 cm³/mol. The van der Waals surface area contributed by atoms with E-state index in [1.165, 1.54) is 11.1 Å². The molecule has 0 saturated carbocycles. The van der Waals surface area contributed by atoms with Crippen LogP contribution in [0.15, 0.2) is 48.5 Å². The molecule has 2 heteroatoms. The maximum absolute atomic E-state index is 10.6. The molecule has 104 valence electrons. The Kier molecular flexibility index (Phi) is 4.94. The van der Waals surface area contributed by atoms with Crippen molar-refractivity contribution in [2.24, 2.45) is 0 Å². The molecule has 0 aromatic heterocycles. The molecule has 0 fully saturated rings. The number of carbonyl (C=O) groups excluding carboxylic acids is 1. The van der Waals surface area contributed by atoms with Crippen LogP contribution in [0.3, 0.4) is 0 Å². The molecule has 0 N–H and O–H groups in total. The summed E-state index contributed by atoms with van der Waals surface area (Å²) in [5, 5.41) is 0. The molecule has 0 aliphatic heterocycles. The van der Waals surface area contributed by atoms with Crippen LogP contribution in [0.5, 0.6) is 5.75 Å². The first-order valence-corrected chi connectivity index (χ1v) is 6.96. The first-order valence-electron chi connectivity index (χ1n) is 6.96. The summed E-state index contributed by atoms with van der Waals surface area (Å²) >= 11 is 0. The van der Waals surface area contributed by atoms with Crippen LogP contribution in [0.4, 0.5) is 0 Å². The Balaban J connectivity index is 1.84. The van der Waals surface area contributed by atoms with Gasteiger partial charge in [0.2, 0.25) is 0 Å². The molecule has 2 aromatic carbocycles. The van der Waals surface area contributed by atoms with Crippen molar-refractivity contribution in [2.45, 2.75) is 26.2 Å². The lowest BCUT2D eigenvalue weighted by molar-refractivity contribution is 0.112. The zero-order valence-electron chi connectivity index (χ0n) is 12.0. The molecule has 0 saturated heterocycles. The third-order valence-corrected chi connectivity index (χ3v) is 3.32. The first kappa shape index (κ1) is 14.3. The quantitative estimate of drug-likeness (QED) is 0.732. The normalized spacial score (nSPS) is 10.6. The Labute approximate surface area is 120 Å². The number of hydrogen-bond donors (Lipinski definition) is 0. The number of rotatable bonds is 6. The van der Waals surface area contributed by atoms with E-state index in [1.54, 1.807) is 0 Å². The Hall–Kier alpha value is -2.09. The van der Waals surface area contributed by atoms with Gasteiger partial charge in [-0.25, -0.2) is 0 Å². The average molecular weight is 268 g/mol. The van der Waals surface area contributed by atoms with Crippen LogP contribution in [-0.2, 0) is 6.42 Å². The highest BCUT2D eigenvalue weighted by Gasteiger charge is 2.00.